The van der Waals surface area contributed by atoms with E-state index in [1.54, 1.807) is 5.38 Å². The Labute approximate surface area is 190 Å². The van der Waals surface area contributed by atoms with Gasteiger partial charge in [0.25, 0.3) is 11.9 Å². The number of nitrogens with one attached hydrogen (secondary N) is 2. The van der Waals surface area contributed by atoms with E-state index in [0.29, 0.717) is 31.8 Å². The van der Waals surface area contributed by atoms with Gasteiger partial charge in [-0.1, -0.05) is 0 Å². The van der Waals surface area contributed by atoms with Crippen molar-refractivity contribution in [1.82, 2.24) is 19.7 Å². The second-order valence-electron chi connectivity index (χ2n) is 6.45. The average Bonchev–Trinajstić information content (AvgIpc) is 3.39. The van der Waals surface area contributed by atoms with Crippen molar-refractivity contribution in [3.63, 3.8) is 0 Å². The maximum absolute atomic E-state index is 13.2. The van der Waals surface area contributed by atoms with Crippen LogP contribution in [0.5, 0.6) is 5.75 Å². The number of ether oxygens (including phenoxy) is 1. The van der Waals surface area contributed by atoms with Gasteiger partial charge < -0.3 is 10.1 Å². The number of H-pyrrole nitrogens is 1. The quantitative estimate of drug-likeness (QED) is 0.375. The van der Waals surface area contributed by atoms with Crippen molar-refractivity contribution in [3.8, 4) is 17.1 Å². The highest BCUT2D eigenvalue weighted by molar-refractivity contribution is 9.10. The van der Waals surface area contributed by atoms with E-state index in [4.69, 9.17) is 0 Å². The molecule has 1 aromatic carbocycles. The third kappa shape index (κ3) is 4.53. The number of hydrogen-bond acceptors (Lipinski definition) is 6. The third-order valence-electron chi connectivity index (χ3n) is 4.36. The molecule has 13 heteroatoms. The summed E-state index contributed by atoms with van der Waals surface area (Å²) in [5, 5.41) is 12.0. The first-order valence-electron chi connectivity index (χ1n) is 8.98. The summed E-state index contributed by atoms with van der Waals surface area (Å²) in [6, 6.07) is 6.63. The van der Waals surface area contributed by atoms with Crippen molar-refractivity contribution >= 4 is 49.1 Å². The Balaban J connectivity index is 1.58. The molecule has 3 heterocycles. The number of rotatable bonds is 7. The third-order valence-corrected chi connectivity index (χ3v) is 6.18. The molecule has 0 radical (unpaired) electrons. The molecule has 0 aliphatic rings. The number of alkyl halides is 3. The summed E-state index contributed by atoms with van der Waals surface area (Å²) >= 11 is 4.67. The number of benzene rings is 1. The van der Waals surface area contributed by atoms with Crippen LogP contribution in [0.2, 0.25) is 0 Å². The SMILES string of the molecule is O=C(Cn1c(=O)ccc2cc(OC(F)C(F)F)ccc21)Nc1scc(Br)c1-c1ncn[nH]1. The molecule has 4 rings (SSSR count). The topological polar surface area (TPSA) is 102 Å². The minimum Gasteiger partial charge on any atom is -0.454 e. The molecule has 0 bridgehead atoms. The summed E-state index contributed by atoms with van der Waals surface area (Å²) in [7, 11) is 0. The van der Waals surface area contributed by atoms with Crippen LogP contribution in [-0.4, -0.2) is 38.4 Å². The Morgan fingerprint density at radius 2 is 2.09 bits per heavy atom. The van der Waals surface area contributed by atoms with Crippen LogP contribution < -0.4 is 15.6 Å². The Kier molecular flexibility index (Phi) is 6.28. The molecule has 2 N–H and O–H groups in total. The lowest BCUT2D eigenvalue weighted by Gasteiger charge is -2.13. The molecule has 0 saturated carbocycles. The highest BCUT2D eigenvalue weighted by Crippen LogP contribution is 2.38. The van der Waals surface area contributed by atoms with E-state index in [2.05, 4.69) is 41.2 Å². The van der Waals surface area contributed by atoms with Crippen LogP contribution in [-0.2, 0) is 11.3 Å². The number of thiophene rings is 1. The maximum Gasteiger partial charge on any atom is 0.304 e. The van der Waals surface area contributed by atoms with Gasteiger partial charge in [-0.15, -0.1) is 11.3 Å². The summed E-state index contributed by atoms with van der Waals surface area (Å²) < 4.78 is 44.4. The van der Waals surface area contributed by atoms with E-state index in [9.17, 15) is 22.8 Å². The number of aromatic nitrogens is 4. The molecule has 0 saturated heterocycles. The minimum absolute atomic E-state index is 0.125. The maximum atomic E-state index is 13.2. The number of nitrogens with zero attached hydrogens (tertiary/aromatic N) is 3. The fraction of sp³-hybridized carbons (Fsp3) is 0.158. The summed E-state index contributed by atoms with van der Waals surface area (Å²) in [6.07, 6.45) is -4.72. The van der Waals surface area contributed by atoms with Gasteiger partial charge in [0.2, 0.25) is 5.91 Å². The van der Waals surface area contributed by atoms with Crippen LogP contribution in [0.3, 0.4) is 0 Å². The predicted molar refractivity (Wildman–Crippen MR) is 116 cm³/mol. The molecule has 166 valence electrons. The highest BCUT2D eigenvalue weighted by atomic mass is 79.9. The number of halogens is 4. The molecule has 0 spiro atoms. The van der Waals surface area contributed by atoms with Crippen molar-refractivity contribution < 1.29 is 22.7 Å². The Morgan fingerprint density at radius 1 is 1.28 bits per heavy atom. The summed E-state index contributed by atoms with van der Waals surface area (Å²) in [4.78, 5) is 29.2. The van der Waals surface area contributed by atoms with Crippen LogP contribution in [0.15, 0.2) is 51.3 Å². The van der Waals surface area contributed by atoms with Gasteiger partial charge in [-0.2, -0.15) is 9.49 Å². The van der Waals surface area contributed by atoms with E-state index < -0.39 is 24.2 Å². The smallest absolute Gasteiger partial charge is 0.304 e. The molecule has 1 amide bonds. The zero-order valence-electron chi connectivity index (χ0n) is 15.9. The van der Waals surface area contributed by atoms with Crippen LogP contribution in [0, 0.1) is 0 Å². The number of pyridine rings is 1. The average molecular weight is 528 g/mol. The lowest BCUT2D eigenvalue weighted by atomic mass is 10.2. The Morgan fingerprint density at radius 3 is 2.81 bits per heavy atom. The van der Waals surface area contributed by atoms with Crippen molar-refractivity contribution in [2.75, 3.05) is 5.32 Å². The van der Waals surface area contributed by atoms with Crippen LogP contribution in [0.1, 0.15) is 0 Å². The number of carbonyl (C=O) groups excluding carboxylic acids is 1. The van der Waals surface area contributed by atoms with Gasteiger partial charge >= 0.3 is 6.43 Å². The lowest BCUT2D eigenvalue weighted by molar-refractivity contribution is -0.116. The second-order valence-corrected chi connectivity index (χ2v) is 8.19. The van der Waals surface area contributed by atoms with Gasteiger partial charge in [-0.25, -0.2) is 13.8 Å². The predicted octanol–water partition coefficient (Wildman–Crippen LogP) is 4.19. The molecule has 0 aliphatic carbocycles. The van der Waals surface area contributed by atoms with Gasteiger partial charge in [0.15, 0.2) is 5.82 Å². The number of aromatic amines is 1. The molecule has 32 heavy (non-hydrogen) atoms. The van der Waals surface area contributed by atoms with Crippen molar-refractivity contribution in [3.05, 3.63) is 56.9 Å². The van der Waals surface area contributed by atoms with Crippen LogP contribution >= 0.6 is 27.3 Å². The zero-order chi connectivity index (χ0) is 22.8. The minimum atomic E-state index is -3.29. The molecule has 3 aromatic heterocycles. The first-order valence-corrected chi connectivity index (χ1v) is 10.7. The standard InChI is InChI=1S/C19H13BrF3N5O3S/c20-11-7-32-19(15(11)18-24-8-25-27-18)26-13(29)6-28-12-3-2-10(31-17(23)16(21)22)5-9(12)1-4-14(28)30/h1-5,7-8,16-17H,6H2,(H,26,29)(H,24,25,27). The molecule has 1 unspecified atom stereocenters. The van der Waals surface area contributed by atoms with E-state index in [0.717, 1.165) is 0 Å². The van der Waals surface area contributed by atoms with Crippen LogP contribution in [0.4, 0.5) is 18.2 Å². The highest BCUT2D eigenvalue weighted by Gasteiger charge is 2.21. The molecule has 4 aromatic rings. The number of fused-ring (bicyclic) bond motifs is 1. The van der Waals surface area contributed by atoms with Gasteiger partial charge in [-0.05, 0) is 40.2 Å². The number of hydrogen-bond donors (Lipinski definition) is 2. The zero-order valence-corrected chi connectivity index (χ0v) is 18.3. The van der Waals surface area contributed by atoms with Gasteiger partial charge in [0.05, 0.1) is 11.1 Å². The lowest BCUT2D eigenvalue weighted by Crippen LogP contribution is -2.27. The van der Waals surface area contributed by atoms with E-state index >= 15 is 0 Å². The summed E-state index contributed by atoms with van der Waals surface area (Å²) in [5.74, 6) is -0.144. The number of amides is 1. The van der Waals surface area contributed by atoms with Crippen molar-refractivity contribution in [2.45, 2.75) is 19.3 Å². The molecular weight excluding hydrogens is 515 g/mol. The Hall–Kier alpha value is -3.19. The van der Waals surface area contributed by atoms with Crippen molar-refractivity contribution in [1.29, 1.82) is 0 Å². The normalized spacial score (nSPS) is 12.3. The molecular formula is C19H13BrF3N5O3S. The van der Waals surface area contributed by atoms with Gasteiger partial charge in [0, 0.05) is 21.3 Å². The fourth-order valence-electron chi connectivity index (χ4n) is 2.98. The Bertz CT molecular complexity index is 1330. The van der Waals surface area contributed by atoms with Crippen LogP contribution in [0.25, 0.3) is 22.3 Å². The first-order chi connectivity index (χ1) is 15.3. The molecule has 8 nitrogen and oxygen atoms in total. The monoisotopic (exact) mass is 527 g/mol. The van der Waals surface area contributed by atoms with E-state index in [1.165, 1.54) is 52.6 Å². The first kappa shape index (κ1) is 22.0. The summed E-state index contributed by atoms with van der Waals surface area (Å²) in [6.45, 7) is -0.315. The van der Waals surface area contributed by atoms with Gasteiger partial charge in [-0.3, -0.25) is 19.3 Å². The van der Waals surface area contributed by atoms with E-state index in [-0.39, 0.29) is 12.3 Å². The van der Waals surface area contributed by atoms with Gasteiger partial charge in [0.1, 0.15) is 23.6 Å². The summed E-state index contributed by atoms with van der Waals surface area (Å²) in [5.41, 5.74) is 0.531. The fourth-order valence-corrected chi connectivity index (χ4v) is 4.62. The second kappa shape index (κ2) is 9.12. The molecule has 1 atom stereocenters. The molecule has 0 fully saturated rings. The molecule has 0 aliphatic heterocycles. The number of carbonyl (C=O) groups is 1. The van der Waals surface area contributed by atoms with Crippen molar-refractivity contribution in [2.24, 2.45) is 0 Å². The van der Waals surface area contributed by atoms with E-state index in [1.807, 2.05) is 0 Å². The number of anilines is 1. The largest absolute Gasteiger partial charge is 0.454 e.